The summed E-state index contributed by atoms with van der Waals surface area (Å²) in [5, 5.41) is 17.3. The summed E-state index contributed by atoms with van der Waals surface area (Å²) in [5.74, 6) is -0.102. The average molecular weight is 375 g/mol. The van der Waals surface area contributed by atoms with Gasteiger partial charge in [-0.15, -0.1) is 0 Å². The third-order valence-electron chi connectivity index (χ3n) is 3.72. The van der Waals surface area contributed by atoms with Crippen molar-refractivity contribution >= 4 is 18.3 Å². The summed E-state index contributed by atoms with van der Waals surface area (Å²) in [7, 11) is 0. The molecule has 0 fully saturated rings. The van der Waals surface area contributed by atoms with Crippen molar-refractivity contribution in [2.75, 3.05) is 5.32 Å². The number of hydrogen-bond donors (Lipinski definition) is 2. The molecule has 2 aromatic heterocycles. The van der Waals surface area contributed by atoms with E-state index in [1.165, 1.54) is 12.1 Å². The standard InChI is InChI=1S/C17H16FN3O3.CH2O2/c1-4-13-15(11-5-7-12(18)8-6-11)17(24-21-13)19-16(22)14-9(2)20-23-10(14)3;2-1-3/h5-8H,4H2,1-3H3,(H,19,22);1H,(H,2,3). The number of benzene rings is 1. The van der Waals surface area contributed by atoms with Crippen LogP contribution in [0.2, 0.25) is 0 Å². The summed E-state index contributed by atoms with van der Waals surface area (Å²) < 4.78 is 23.5. The Morgan fingerprint density at radius 2 is 1.85 bits per heavy atom. The number of halogens is 1. The van der Waals surface area contributed by atoms with Crippen LogP contribution in [0.4, 0.5) is 10.3 Å². The van der Waals surface area contributed by atoms with E-state index in [0.717, 1.165) is 0 Å². The van der Waals surface area contributed by atoms with Crippen LogP contribution in [0.5, 0.6) is 0 Å². The monoisotopic (exact) mass is 375 g/mol. The Balaban J connectivity index is 0.000000817. The van der Waals surface area contributed by atoms with Gasteiger partial charge in [0.1, 0.15) is 17.1 Å². The Bertz CT molecular complexity index is 912. The lowest BCUT2D eigenvalue weighted by Gasteiger charge is -2.05. The van der Waals surface area contributed by atoms with Crippen molar-refractivity contribution in [1.29, 1.82) is 0 Å². The lowest BCUT2D eigenvalue weighted by molar-refractivity contribution is -0.122. The van der Waals surface area contributed by atoms with Crippen LogP contribution in [0.1, 0.15) is 34.4 Å². The Kier molecular flexibility index (Phi) is 6.42. The molecule has 3 aromatic rings. The maximum Gasteiger partial charge on any atom is 0.290 e. The summed E-state index contributed by atoms with van der Waals surface area (Å²) in [6, 6.07) is 5.93. The number of anilines is 1. The Hall–Kier alpha value is -3.49. The molecule has 8 nitrogen and oxygen atoms in total. The molecule has 0 aliphatic carbocycles. The van der Waals surface area contributed by atoms with Crippen molar-refractivity contribution in [3.05, 3.63) is 52.8 Å². The van der Waals surface area contributed by atoms with E-state index in [2.05, 4.69) is 15.6 Å². The first-order valence-corrected chi connectivity index (χ1v) is 7.99. The number of aromatic nitrogens is 2. The molecule has 2 heterocycles. The third kappa shape index (κ3) is 4.38. The number of hydrogen-bond acceptors (Lipinski definition) is 6. The maximum absolute atomic E-state index is 13.2. The van der Waals surface area contributed by atoms with E-state index in [1.54, 1.807) is 26.0 Å². The summed E-state index contributed by atoms with van der Waals surface area (Å²) in [4.78, 5) is 20.9. The van der Waals surface area contributed by atoms with Gasteiger partial charge < -0.3 is 14.2 Å². The van der Waals surface area contributed by atoms with Gasteiger partial charge in [-0.25, -0.2) is 4.39 Å². The van der Waals surface area contributed by atoms with E-state index < -0.39 is 5.91 Å². The van der Waals surface area contributed by atoms with Crippen molar-refractivity contribution in [3.8, 4) is 11.1 Å². The molecular weight excluding hydrogens is 357 g/mol. The second-order valence-electron chi connectivity index (χ2n) is 5.45. The fourth-order valence-corrected chi connectivity index (χ4v) is 2.54. The van der Waals surface area contributed by atoms with Gasteiger partial charge in [-0.2, -0.15) is 0 Å². The van der Waals surface area contributed by atoms with Crippen LogP contribution in [0.3, 0.4) is 0 Å². The van der Waals surface area contributed by atoms with Crippen molar-refractivity contribution in [1.82, 2.24) is 10.3 Å². The molecule has 1 aromatic carbocycles. The Labute approximate surface area is 154 Å². The van der Waals surface area contributed by atoms with E-state index in [1.807, 2.05) is 6.92 Å². The van der Waals surface area contributed by atoms with Crippen LogP contribution in [0.15, 0.2) is 33.3 Å². The fraction of sp³-hybridized carbons (Fsp3) is 0.222. The molecule has 0 radical (unpaired) electrons. The molecule has 27 heavy (non-hydrogen) atoms. The summed E-state index contributed by atoms with van der Waals surface area (Å²) in [6.07, 6.45) is 0.609. The van der Waals surface area contributed by atoms with Crippen molar-refractivity contribution in [2.45, 2.75) is 27.2 Å². The van der Waals surface area contributed by atoms with E-state index in [-0.39, 0.29) is 18.2 Å². The highest BCUT2D eigenvalue weighted by Crippen LogP contribution is 2.32. The number of amides is 1. The van der Waals surface area contributed by atoms with Crippen LogP contribution in [0.25, 0.3) is 11.1 Å². The Morgan fingerprint density at radius 3 is 2.37 bits per heavy atom. The van der Waals surface area contributed by atoms with Crippen LogP contribution in [0, 0.1) is 19.7 Å². The summed E-state index contributed by atoms with van der Waals surface area (Å²) >= 11 is 0. The first-order chi connectivity index (χ1) is 12.9. The van der Waals surface area contributed by atoms with Crippen LogP contribution in [-0.4, -0.2) is 27.8 Å². The molecule has 2 N–H and O–H groups in total. The molecule has 1 amide bonds. The highest BCUT2D eigenvalue weighted by atomic mass is 19.1. The van der Waals surface area contributed by atoms with Gasteiger partial charge in [0, 0.05) is 0 Å². The number of carboxylic acid groups (broad SMARTS) is 1. The number of nitrogens with one attached hydrogen (secondary N) is 1. The van der Waals surface area contributed by atoms with E-state index in [0.29, 0.717) is 40.3 Å². The molecule has 0 saturated carbocycles. The molecule has 3 rings (SSSR count). The third-order valence-corrected chi connectivity index (χ3v) is 3.72. The van der Waals surface area contributed by atoms with Gasteiger partial charge in [0.05, 0.1) is 17.0 Å². The molecule has 0 aliphatic rings. The lowest BCUT2D eigenvalue weighted by Crippen LogP contribution is -2.13. The van der Waals surface area contributed by atoms with E-state index >= 15 is 0 Å². The van der Waals surface area contributed by atoms with Crippen molar-refractivity contribution in [2.24, 2.45) is 0 Å². The predicted molar refractivity (Wildman–Crippen MR) is 93.9 cm³/mol. The van der Waals surface area contributed by atoms with Gasteiger partial charge in [-0.1, -0.05) is 29.4 Å². The van der Waals surface area contributed by atoms with Crippen LogP contribution in [-0.2, 0) is 11.2 Å². The molecule has 0 aliphatic heterocycles. The number of nitrogens with zero attached hydrogens (tertiary/aromatic N) is 2. The second kappa shape index (κ2) is 8.75. The smallest absolute Gasteiger partial charge is 0.290 e. The normalized spacial score (nSPS) is 10.1. The highest BCUT2D eigenvalue weighted by Gasteiger charge is 2.23. The quantitative estimate of drug-likeness (QED) is 0.669. The molecule has 142 valence electrons. The van der Waals surface area contributed by atoms with Crippen LogP contribution >= 0.6 is 0 Å². The Morgan fingerprint density at radius 1 is 1.22 bits per heavy atom. The zero-order valence-corrected chi connectivity index (χ0v) is 14.9. The SMILES string of the molecule is CCc1noc(NC(=O)c2c(C)noc2C)c1-c1ccc(F)cc1.O=CO. The first-order valence-electron chi connectivity index (χ1n) is 7.99. The van der Waals surface area contributed by atoms with E-state index in [4.69, 9.17) is 18.9 Å². The van der Waals surface area contributed by atoms with Gasteiger partial charge in [0.15, 0.2) is 0 Å². The molecule has 0 bridgehead atoms. The molecule has 9 heteroatoms. The first kappa shape index (κ1) is 19.8. The van der Waals surface area contributed by atoms with Gasteiger partial charge in [0.2, 0.25) is 5.88 Å². The van der Waals surface area contributed by atoms with Gasteiger partial charge in [-0.3, -0.25) is 14.9 Å². The second-order valence-corrected chi connectivity index (χ2v) is 5.45. The van der Waals surface area contributed by atoms with Gasteiger partial charge in [0.25, 0.3) is 12.4 Å². The molecule has 0 saturated heterocycles. The number of rotatable bonds is 4. The largest absolute Gasteiger partial charge is 0.483 e. The molecule has 0 unspecified atom stereocenters. The maximum atomic E-state index is 13.2. The zero-order chi connectivity index (χ0) is 20.0. The van der Waals surface area contributed by atoms with Crippen LogP contribution < -0.4 is 5.32 Å². The average Bonchev–Trinajstić information content (AvgIpc) is 3.19. The van der Waals surface area contributed by atoms with Crippen molar-refractivity contribution in [3.63, 3.8) is 0 Å². The highest BCUT2D eigenvalue weighted by molar-refractivity contribution is 6.06. The number of aryl methyl sites for hydroxylation is 3. The van der Waals surface area contributed by atoms with Gasteiger partial charge >= 0.3 is 0 Å². The molecular formula is C18H18FN3O5. The minimum Gasteiger partial charge on any atom is -0.483 e. The van der Waals surface area contributed by atoms with E-state index in [9.17, 15) is 9.18 Å². The lowest BCUT2D eigenvalue weighted by atomic mass is 10.0. The number of carbonyl (C=O) groups is 2. The topological polar surface area (TPSA) is 118 Å². The number of carbonyl (C=O) groups excluding carboxylic acids is 1. The minimum atomic E-state index is -0.395. The van der Waals surface area contributed by atoms with Crippen molar-refractivity contribution < 1.29 is 28.1 Å². The predicted octanol–water partition coefficient (Wildman–Crippen LogP) is 3.60. The molecule has 0 spiro atoms. The molecule has 0 atom stereocenters. The fourth-order valence-electron chi connectivity index (χ4n) is 2.54. The summed E-state index contributed by atoms with van der Waals surface area (Å²) in [5.41, 5.74) is 2.87. The summed E-state index contributed by atoms with van der Waals surface area (Å²) in [6.45, 7) is 5.02. The minimum absolute atomic E-state index is 0.212. The van der Waals surface area contributed by atoms with Gasteiger partial charge in [-0.05, 0) is 38.0 Å². The zero-order valence-electron chi connectivity index (χ0n) is 14.9.